The Morgan fingerprint density at radius 3 is 2.35 bits per heavy atom. The summed E-state index contributed by atoms with van der Waals surface area (Å²) in [6.45, 7) is 7.70. The van der Waals surface area contributed by atoms with Gasteiger partial charge in [0.15, 0.2) is 0 Å². The summed E-state index contributed by atoms with van der Waals surface area (Å²) in [5, 5.41) is 0.982. The molecule has 5 heteroatoms. The van der Waals surface area contributed by atoms with Gasteiger partial charge < -0.3 is 4.90 Å². The first kappa shape index (κ1) is 14.0. The van der Waals surface area contributed by atoms with E-state index in [1.165, 1.54) is 37.0 Å². The number of hydrogen-bond donors (Lipinski definition) is 0. The molecule has 1 saturated carbocycles. The van der Waals surface area contributed by atoms with Gasteiger partial charge in [-0.05, 0) is 26.7 Å². The number of rotatable bonds is 2. The van der Waals surface area contributed by atoms with Crippen LogP contribution in [0.2, 0.25) is 0 Å². The molecule has 1 saturated heterocycles. The highest BCUT2D eigenvalue weighted by molar-refractivity contribution is 7.13. The van der Waals surface area contributed by atoms with Crippen LogP contribution in [0.25, 0.3) is 0 Å². The van der Waals surface area contributed by atoms with Crippen LogP contribution >= 0.6 is 11.3 Å². The predicted molar refractivity (Wildman–Crippen MR) is 81.3 cm³/mol. The molecule has 4 nitrogen and oxygen atoms in total. The molecule has 1 aromatic heterocycles. The van der Waals surface area contributed by atoms with Crippen LogP contribution in [0.1, 0.15) is 46.1 Å². The van der Waals surface area contributed by atoms with Crippen LogP contribution in [-0.2, 0) is 0 Å². The summed E-state index contributed by atoms with van der Waals surface area (Å²) >= 11 is 1.53. The number of amides is 1. The Hall–Kier alpha value is -0.940. The lowest BCUT2D eigenvalue weighted by Crippen LogP contribution is -2.51. The number of carbonyl (C=O) groups is 1. The maximum atomic E-state index is 12.5. The van der Waals surface area contributed by atoms with Crippen LogP contribution < -0.4 is 0 Å². The third-order valence-electron chi connectivity index (χ3n) is 4.54. The minimum absolute atomic E-state index is 0.180. The van der Waals surface area contributed by atoms with Gasteiger partial charge >= 0.3 is 0 Å². The van der Waals surface area contributed by atoms with Gasteiger partial charge in [0.25, 0.3) is 5.91 Å². The molecule has 2 fully saturated rings. The first-order valence-electron chi connectivity index (χ1n) is 7.62. The summed E-state index contributed by atoms with van der Waals surface area (Å²) < 4.78 is 0. The van der Waals surface area contributed by atoms with E-state index in [1.807, 2.05) is 18.7 Å². The Labute approximate surface area is 124 Å². The maximum Gasteiger partial charge on any atom is 0.265 e. The highest BCUT2D eigenvalue weighted by atomic mass is 32.1. The van der Waals surface area contributed by atoms with Crippen molar-refractivity contribution >= 4 is 17.2 Å². The minimum Gasteiger partial charge on any atom is -0.335 e. The minimum atomic E-state index is 0.180. The molecule has 0 N–H and O–H groups in total. The Bertz CT molecular complexity index is 485. The fourth-order valence-corrected chi connectivity index (χ4v) is 4.32. The zero-order valence-electron chi connectivity index (χ0n) is 12.4. The van der Waals surface area contributed by atoms with Gasteiger partial charge in [-0.25, -0.2) is 4.98 Å². The van der Waals surface area contributed by atoms with Gasteiger partial charge in [-0.15, -0.1) is 11.3 Å². The Morgan fingerprint density at radius 1 is 1.15 bits per heavy atom. The molecule has 0 atom stereocenters. The number of carbonyl (C=O) groups excluding carboxylic acids is 1. The van der Waals surface area contributed by atoms with Crippen molar-refractivity contribution in [1.82, 2.24) is 14.8 Å². The molecular weight excluding hydrogens is 270 g/mol. The summed E-state index contributed by atoms with van der Waals surface area (Å²) in [4.78, 5) is 22.3. The van der Waals surface area contributed by atoms with Crippen molar-refractivity contribution in [3.8, 4) is 0 Å². The van der Waals surface area contributed by atoms with Gasteiger partial charge in [0, 0.05) is 32.2 Å². The summed E-state index contributed by atoms with van der Waals surface area (Å²) in [5.74, 6) is 0.180. The van der Waals surface area contributed by atoms with E-state index in [4.69, 9.17) is 0 Å². The van der Waals surface area contributed by atoms with Crippen molar-refractivity contribution in [2.24, 2.45) is 0 Å². The first-order valence-corrected chi connectivity index (χ1v) is 8.44. The van der Waals surface area contributed by atoms with E-state index >= 15 is 0 Å². The third kappa shape index (κ3) is 2.74. The molecule has 1 aliphatic heterocycles. The molecule has 0 aromatic carbocycles. The molecule has 110 valence electrons. The van der Waals surface area contributed by atoms with Crippen LogP contribution in [0.15, 0.2) is 0 Å². The summed E-state index contributed by atoms with van der Waals surface area (Å²) in [5.41, 5.74) is 0.885. The molecule has 2 aliphatic rings. The monoisotopic (exact) mass is 293 g/mol. The smallest absolute Gasteiger partial charge is 0.265 e. The van der Waals surface area contributed by atoms with Gasteiger partial charge in [0.05, 0.1) is 10.7 Å². The molecule has 0 radical (unpaired) electrons. The summed E-state index contributed by atoms with van der Waals surface area (Å²) in [7, 11) is 0. The molecule has 3 rings (SSSR count). The summed E-state index contributed by atoms with van der Waals surface area (Å²) in [6.07, 6.45) is 5.45. The first-order chi connectivity index (χ1) is 9.65. The zero-order valence-corrected chi connectivity index (χ0v) is 13.2. The van der Waals surface area contributed by atoms with Crippen molar-refractivity contribution in [2.45, 2.75) is 45.6 Å². The molecule has 0 spiro atoms. The van der Waals surface area contributed by atoms with Crippen molar-refractivity contribution in [3.63, 3.8) is 0 Å². The third-order valence-corrected chi connectivity index (χ3v) is 5.60. The zero-order chi connectivity index (χ0) is 14.1. The topological polar surface area (TPSA) is 36.4 Å². The molecular formula is C15H23N3OS. The quantitative estimate of drug-likeness (QED) is 0.840. The number of piperazine rings is 1. The van der Waals surface area contributed by atoms with E-state index in [9.17, 15) is 4.79 Å². The van der Waals surface area contributed by atoms with Gasteiger partial charge in [-0.3, -0.25) is 9.69 Å². The van der Waals surface area contributed by atoms with Gasteiger partial charge in [-0.2, -0.15) is 0 Å². The Balaban J connectivity index is 1.60. The second kappa shape index (κ2) is 5.82. The predicted octanol–water partition coefficient (Wildman–Crippen LogP) is 2.46. The van der Waals surface area contributed by atoms with E-state index in [0.29, 0.717) is 0 Å². The van der Waals surface area contributed by atoms with Crippen LogP contribution in [0, 0.1) is 13.8 Å². The van der Waals surface area contributed by atoms with E-state index in [-0.39, 0.29) is 5.91 Å². The fraction of sp³-hybridized carbons (Fsp3) is 0.733. The number of thiazole rings is 1. The van der Waals surface area contributed by atoms with E-state index in [0.717, 1.165) is 47.8 Å². The average Bonchev–Trinajstić information content (AvgIpc) is 3.08. The van der Waals surface area contributed by atoms with Crippen LogP contribution in [0.4, 0.5) is 0 Å². The molecule has 0 bridgehead atoms. The SMILES string of the molecule is Cc1nc(C)c(C(=O)N2CCN(C3CCCC3)CC2)s1. The van der Waals surface area contributed by atoms with Gasteiger partial charge in [-0.1, -0.05) is 12.8 Å². The van der Waals surface area contributed by atoms with Gasteiger partial charge in [0.1, 0.15) is 4.88 Å². The second-order valence-electron chi connectivity index (χ2n) is 5.91. The molecule has 1 amide bonds. The van der Waals surface area contributed by atoms with Gasteiger partial charge in [0.2, 0.25) is 0 Å². The average molecular weight is 293 g/mol. The normalized spacial score (nSPS) is 21.6. The molecule has 20 heavy (non-hydrogen) atoms. The van der Waals surface area contributed by atoms with Crippen molar-refractivity contribution in [2.75, 3.05) is 26.2 Å². The Morgan fingerprint density at radius 2 is 1.80 bits per heavy atom. The van der Waals surface area contributed by atoms with Crippen LogP contribution in [0.3, 0.4) is 0 Å². The van der Waals surface area contributed by atoms with Crippen molar-refractivity contribution in [1.29, 1.82) is 0 Å². The highest BCUT2D eigenvalue weighted by Gasteiger charge is 2.29. The lowest BCUT2D eigenvalue weighted by molar-refractivity contribution is 0.0577. The van der Waals surface area contributed by atoms with Crippen molar-refractivity contribution in [3.05, 3.63) is 15.6 Å². The lowest BCUT2D eigenvalue weighted by atomic mass is 10.1. The number of nitrogens with zero attached hydrogens (tertiary/aromatic N) is 3. The number of aromatic nitrogens is 1. The number of aryl methyl sites for hydroxylation is 2. The lowest BCUT2D eigenvalue weighted by Gasteiger charge is -2.37. The van der Waals surface area contributed by atoms with Crippen LogP contribution in [0.5, 0.6) is 0 Å². The summed E-state index contributed by atoms with van der Waals surface area (Å²) in [6, 6.07) is 0.777. The molecule has 2 heterocycles. The Kier molecular flexibility index (Phi) is 4.08. The highest BCUT2D eigenvalue weighted by Crippen LogP contribution is 2.25. The molecule has 1 aliphatic carbocycles. The molecule has 0 unspecified atom stereocenters. The molecule has 1 aromatic rings. The fourth-order valence-electron chi connectivity index (χ4n) is 3.43. The van der Waals surface area contributed by atoms with E-state index in [2.05, 4.69) is 9.88 Å². The largest absolute Gasteiger partial charge is 0.335 e. The van der Waals surface area contributed by atoms with E-state index in [1.54, 1.807) is 0 Å². The second-order valence-corrected chi connectivity index (χ2v) is 7.12. The number of hydrogen-bond acceptors (Lipinski definition) is 4. The standard InChI is InChI=1S/C15H23N3OS/c1-11-14(20-12(2)16-11)15(19)18-9-7-17(8-10-18)13-5-3-4-6-13/h13H,3-10H2,1-2H3. The van der Waals surface area contributed by atoms with E-state index < -0.39 is 0 Å². The van der Waals surface area contributed by atoms with Crippen LogP contribution in [-0.4, -0.2) is 52.9 Å². The maximum absolute atomic E-state index is 12.5. The van der Waals surface area contributed by atoms with Crippen molar-refractivity contribution < 1.29 is 4.79 Å².